The van der Waals surface area contributed by atoms with Gasteiger partial charge in [-0.25, -0.2) is 8.42 Å². The van der Waals surface area contributed by atoms with Gasteiger partial charge in [0.2, 0.25) is 10.0 Å². The van der Waals surface area contributed by atoms with E-state index in [0.717, 1.165) is 5.56 Å². The molecule has 5 nitrogen and oxygen atoms in total. The quantitative estimate of drug-likeness (QED) is 0.815. The van der Waals surface area contributed by atoms with E-state index < -0.39 is 16.1 Å². The van der Waals surface area contributed by atoms with Gasteiger partial charge in [0.1, 0.15) is 0 Å². The van der Waals surface area contributed by atoms with Gasteiger partial charge >= 0.3 is 0 Å². The van der Waals surface area contributed by atoms with Crippen LogP contribution in [0.3, 0.4) is 0 Å². The number of aliphatic hydroxyl groups excluding tert-OH is 1. The van der Waals surface area contributed by atoms with E-state index in [4.69, 9.17) is 10.8 Å². The van der Waals surface area contributed by atoms with E-state index >= 15 is 0 Å². The molecule has 1 aromatic carbocycles. The second-order valence-electron chi connectivity index (χ2n) is 4.93. The van der Waals surface area contributed by atoms with Crippen molar-refractivity contribution < 1.29 is 13.5 Å². The summed E-state index contributed by atoms with van der Waals surface area (Å²) >= 11 is 0. The van der Waals surface area contributed by atoms with Crippen molar-refractivity contribution >= 4 is 15.7 Å². The molecule has 3 N–H and O–H groups in total. The number of likely N-dealkylation sites (N-methyl/N-ethyl adjacent to an activating group) is 1. The average molecular weight is 286 g/mol. The van der Waals surface area contributed by atoms with E-state index in [9.17, 15) is 8.42 Å². The SMILES string of the molecule is Cc1cc(C)c(S(=O)(=O)N(C)C(C)CO)c(C)c1N. The maximum atomic E-state index is 12.6. The number of nitrogen functional groups attached to an aromatic ring is 1. The van der Waals surface area contributed by atoms with Gasteiger partial charge in [0.05, 0.1) is 11.5 Å². The fraction of sp³-hybridized carbons (Fsp3) is 0.538. The van der Waals surface area contributed by atoms with Crippen LogP contribution in [0.2, 0.25) is 0 Å². The Balaban J connectivity index is 3.50. The lowest BCUT2D eigenvalue weighted by Crippen LogP contribution is -2.38. The van der Waals surface area contributed by atoms with E-state index in [2.05, 4.69) is 0 Å². The Labute approximate surface area is 115 Å². The minimum absolute atomic E-state index is 0.227. The number of anilines is 1. The third-order valence-corrected chi connectivity index (χ3v) is 5.74. The maximum absolute atomic E-state index is 12.6. The van der Waals surface area contributed by atoms with Crippen LogP contribution in [0.25, 0.3) is 0 Å². The normalized spacial score (nSPS) is 13.8. The smallest absolute Gasteiger partial charge is 0.243 e. The average Bonchev–Trinajstić information content (AvgIpc) is 2.33. The van der Waals surface area contributed by atoms with Crippen LogP contribution in [0, 0.1) is 20.8 Å². The van der Waals surface area contributed by atoms with Crippen molar-refractivity contribution in [1.82, 2.24) is 4.31 Å². The number of sulfonamides is 1. The molecule has 0 aliphatic carbocycles. The minimum atomic E-state index is -3.66. The van der Waals surface area contributed by atoms with Crippen LogP contribution in [0.1, 0.15) is 23.6 Å². The molecule has 0 saturated carbocycles. The van der Waals surface area contributed by atoms with Crippen molar-refractivity contribution in [2.24, 2.45) is 0 Å². The van der Waals surface area contributed by atoms with Crippen molar-refractivity contribution in [2.75, 3.05) is 19.4 Å². The van der Waals surface area contributed by atoms with Crippen molar-refractivity contribution in [1.29, 1.82) is 0 Å². The third kappa shape index (κ3) is 2.75. The van der Waals surface area contributed by atoms with Crippen LogP contribution < -0.4 is 5.73 Å². The van der Waals surface area contributed by atoms with Gasteiger partial charge in [0.15, 0.2) is 0 Å². The maximum Gasteiger partial charge on any atom is 0.243 e. The van der Waals surface area contributed by atoms with Crippen LogP contribution in [-0.4, -0.2) is 37.5 Å². The molecule has 1 aromatic rings. The lowest BCUT2D eigenvalue weighted by molar-refractivity contribution is 0.213. The summed E-state index contributed by atoms with van der Waals surface area (Å²) in [5.41, 5.74) is 8.52. The summed E-state index contributed by atoms with van der Waals surface area (Å²) < 4.78 is 26.4. The summed E-state index contributed by atoms with van der Waals surface area (Å²) in [5, 5.41) is 9.12. The van der Waals surface area contributed by atoms with Gasteiger partial charge < -0.3 is 10.8 Å². The van der Waals surface area contributed by atoms with Crippen molar-refractivity contribution in [3.05, 3.63) is 22.8 Å². The highest BCUT2D eigenvalue weighted by atomic mass is 32.2. The van der Waals surface area contributed by atoms with Gasteiger partial charge in [-0.3, -0.25) is 0 Å². The Hall–Kier alpha value is -1.11. The molecule has 0 fully saturated rings. The molecule has 0 spiro atoms. The van der Waals surface area contributed by atoms with E-state index in [-0.39, 0.29) is 11.5 Å². The molecule has 0 radical (unpaired) electrons. The molecule has 0 aliphatic rings. The summed E-state index contributed by atoms with van der Waals surface area (Å²) in [6.07, 6.45) is 0. The summed E-state index contributed by atoms with van der Waals surface area (Å²) in [4.78, 5) is 0.235. The van der Waals surface area contributed by atoms with Crippen LogP contribution in [-0.2, 0) is 10.0 Å². The summed E-state index contributed by atoms with van der Waals surface area (Å²) in [6.45, 7) is 6.74. The number of aliphatic hydroxyl groups is 1. The summed E-state index contributed by atoms with van der Waals surface area (Å²) in [5.74, 6) is 0. The molecule has 0 aromatic heterocycles. The first kappa shape index (κ1) is 15.9. The zero-order valence-corrected chi connectivity index (χ0v) is 12.9. The first-order valence-electron chi connectivity index (χ1n) is 6.09. The molecule has 0 heterocycles. The topological polar surface area (TPSA) is 83.6 Å². The number of nitrogens with two attached hydrogens (primary N) is 1. The van der Waals surface area contributed by atoms with Gasteiger partial charge in [-0.15, -0.1) is 0 Å². The molecule has 108 valence electrons. The van der Waals surface area contributed by atoms with Gasteiger partial charge in [0, 0.05) is 18.8 Å². The molecular formula is C13H22N2O3S. The van der Waals surface area contributed by atoms with Crippen LogP contribution in [0.15, 0.2) is 11.0 Å². The van der Waals surface area contributed by atoms with E-state index in [1.54, 1.807) is 26.8 Å². The molecule has 6 heteroatoms. The van der Waals surface area contributed by atoms with Crippen molar-refractivity contribution in [2.45, 2.75) is 38.6 Å². The molecule has 1 rings (SSSR count). The molecule has 1 atom stereocenters. The molecular weight excluding hydrogens is 264 g/mol. The molecule has 1 unspecified atom stereocenters. The summed E-state index contributed by atoms with van der Waals surface area (Å²) in [7, 11) is -2.19. The van der Waals surface area contributed by atoms with Gasteiger partial charge in [-0.2, -0.15) is 4.31 Å². The van der Waals surface area contributed by atoms with Crippen LogP contribution in [0.4, 0.5) is 5.69 Å². The Kier molecular flexibility index (Phi) is 4.60. The summed E-state index contributed by atoms with van der Waals surface area (Å²) in [6, 6.07) is 1.29. The van der Waals surface area contributed by atoms with E-state index in [1.165, 1.54) is 11.4 Å². The number of hydrogen-bond acceptors (Lipinski definition) is 4. The highest BCUT2D eigenvalue weighted by Crippen LogP contribution is 2.30. The van der Waals surface area contributed by atoms with E-state index in [1.807, 2.05) is 6.92 Å². The van der Waals surface area contributed by atoms with Crippen molar-refractivity contribution in [3.63, 3.8) is 0 Å². The van der Waals surface area contributed by atoms with E-state index in [0.29, 0.717) is 16.8 Å². The van der Waals surface area contributed by atoms with Crippen LogP contribution in [0.5, 0.6) is 0 Å². The second kappa shape index (κ2) is 5.48. The number of nitrogens with zero attached hydrogens (tertiary/aromatic N) is 1. The monoisotopic (exact) mass is 286 g/mol. The number of benzene rings is 1. The lowest BCUT2D eigenvalue weighted by Gasteiger charge is -2.25. The van der Waals surface area contributed by atoms with Crippen molar-refractivity contribution in [3.8, 4) is 0 Å². The van der Waals surface area contributed by atoms with Gasteiger partial charge in [0.25, 0.3) is 0 Å². The number of hydrogen-bond donors (Lipinski definition) is 2. The zero-order chi connectivity index (χ0) is 15.0. The Morgan fingerprint density at radius 3 is 2.32 bits per heavy atom. The molecule has 19 heavy (non-hydrogen) atoms. The minimum Gasteiger partial charge on any atom is -0.398 e. The van der Waals surface area contributed by atoms with Gasteiger partial charge in [-0.1, -0.05) is 6.07 Å². The lowest BCUT2D eigenvalue weighted by atomic mass is 10.1. The number of rotatable bonds is 4. The highest BCUT2D eigenvalue weighted by molar-refractivity contribution is 7.89. The largest absolute Gasteiger partial charge is 0.398 e. The molecule has 0 saturated heterocycles. The Bertz CT molecular complexity index is 582. The predicted octanol–water partition coefficient (Wildman–Crippen LogP) is 1.20. The third-order valence-electron chi connectivity index (χ3n) is 3.48. The number of aryl methyl sites for hydroxylation is 2. The van der Waals surface area contributed by atoms with Crippen LogP contribution >= 0.6 is 0 Å². The second-order valence-corrected chi connectivity index (χ2v) is 6.87. The first-order valence-corrected chi connectivity index (χ1v) is 7.53. The zero-order valence-electron chi connectivity index (χ0n) is 12.1. The molecule has 0 aliphatic heterocycles. The predicted molar refractivity (Wildman–Crippen MR) is 76.6 cm³/mol. The molecule has 0 amide bonds. The Morgan fingerprint density at radius 2 is 1.84 bits per heavy atom. The van der Waals surface area contributed by atoms with Gasteiger partial charge in [-0.05, 0) is 44.4 Å². The molecule has 0 bridgehead atoms. The Morgan fingerprint density at radius 1 is 1.32 bits per heavy atom. The fourth-order valence-corrected chi connectivity index (χ4v) is 3.87. The first-order chi connectivity index (χ1) is 8.64. The standard InChI is InChI=1S/C13H22N2O3S/c1-8-6-9(2)13(11(4)12(8)14)19(17,18)15(5)10(3)7-16/h6,10,16H,7,14H2,1-5H3. The fourth-order valence-electron chi connectivity index (χ4n) is 2.07. The highest BCUT2D eigenvalue weighted by Gasteiger charge is 2.29.